The van der Waals surface area contributed by atoms with E-state index in [0.29, 0.717) is 12.5 Å². The monoisotopic (exact) mass is 98.1 g/mol. The molecule has 0 saturated carbocycles. The van der Waals surface area contributed by atoms with Crippen molar-refractivity contribution < 1.29 is 0 Å². The second-order valence-electron chi connectivity index (χ2n) is 1.55. The van der Waals surface area contributed by atoms with Crippen LogP contribution in [0.2, 0.25) is 0 Å². The fourth-order valence-corrected chi connectivity index (χ4v) is 0.239. The Hall–Kier alpha value is -0.550. The first-order valence-corrected chi connectivity index (χ1v) is 2.35. The zero-order valence-electron chi connectivity index (χ0n) is 4.73. The van der Waals surface area contributed by atoms with Crippen molar-refractivity contribution in [3.63, 3.8) is 0 Å². The zero-order chi connectivity index (χ0) is 5.70. The van der Waals surface area contributed by atoms with Crippen LogP contribution in [0, 0.1) is 11.3 Å². The average molecular weight is 98.1 g/mol. The molecule has 0 unspecified atom stereocenters. The Balaban J connectivity index is 3.03. The maximum absolute atomic E-state index is 8.08. The Bertz CT molecular complexity index is 72.6. The molecule has 40 valence electrons. The number of nitriles is 1. The van der Waals surface area contributed by atoms with Crippen molar-refractivity contribution in [2.45, 2.75) is 19.4 Å². The molecule has 0 aromatic carbocycles. The van der Waals surface area contributed by atoms with Crippen molar-refractivity contribution in [3.8, 4) is 6.07 Å². The Morgan fingerprint density at radius 1 is 1.86 bits per heavy atom. The van der Waals surface area contributed by atoms with Crippen molar-refractivity contribution >= 4 is 0 Å². The summed E-state index contributed by atoms with van der Waals surface area (Å²) in [7, 11) is 1.85. The largest absolute Gasteiger partial charge is 0.316 e. The van der Waals surface area contributed by atoms with E-state index in [4.69, 9.17) is 5.26 Å². The Morgan fingerprint density at radius 3 is 2.57 bits per heavy atom. The molecule has 1 N–H and O–H groups in total. The summed E-state index contributed by atoms with van der Waals surface area (Å²) >= 11 is 0. The SMILES string of the molecule is CN[C@@H](C)CC#N. The molecule has 0 rings (SSSR count). The van der Waals surface area contributed by atoms with Crippen LogP contribution in [0.3, 0.4) is 0 Å². The second-order valence-corrected chi connectivity index (χ2v) is 1.55. The molecule has 0 heterocycles. The van der Waals surface area contributed by atoms with Crippen LogP contribution in [0.25, 0.3) is 0 Å². The third-order valence-electron chi connectivity index (χ3n) is 0.890. The molecule has 2 nitrogen and oxygen atoms in total. The van der Waals surface area contributed by atoms with Crippen LogP contribution in [0.5, 0.6) is 0 Å². The fourth-order valence-electron chi connectivity index (χ4n) is 0.239. The highest BCUT2D eigenvalue weighted by molar-refractivity contribution is 4.75. The van der Waals surface area contributed by atoms with Gasteiger partial charge in [-0.05, 0) is 14.0 Å². The first-order valence-electron chi connectivity index (χ1n) is 2.35. The third-order valence-corrected chi connectivity index (χ3v) is 0.890. The van der Waals surface area contributed by atoms with Crippen molar-refractivity contribution in [3.05, 3.63) is 0 Å². The van der Waals surface area contributed by atoms with Crippen LogP contribution >= 0.6 is 0 Å². The van der Waals surface area contributed by atoms with Gasteiger partial charge in [0.1, 0.15) is 0 Å². The normalized spacial score (nSPS) is 12.7. The van der Waals surface area contributed by atoms with Crippen LogP contribution in [0.1, 0.15) is 13.3 Å². The van der Waals surface area contributed by atoms with Gasteiger partial charge in [-0.1, -0.05) is 0 Å². The number of rotatable bonds is 2. The minimum Gasteiger partial charge on any atom is -0.316 e. The van der Waals surface area contributed by atoms with Crippen molar-refractivity contribution in [1.29, 1.82) is 5.26 Å². The van der Waals surface area contributed by atoms with Crippen molar-refractivity contribution in [1.82, 2.24) is 5.32 Å². The summed E-state index contributed by atoms with van der Waals surface area (Å²) in [6, 6.07) is 2.39. The van der Waals surface area contributed by atoms with E-state index in [1.165, 1.54) is 0 Å². The van der Waals surface area contributed by atoms with Crippen LogP contribution < -0.4 is 5.32 Å². The van der Waals surface area contributed by atoms with Crippen LogP contribution in [-0.4, -0.2) is 13.1 Å². The van der Waals surface area contributed by atoms with Gasteiger partial charge in [-0.2, -0.15) is 5.26 Å². The predicted octanol–water partition coefficient (Wildman–Crippen LogP) is 0.508. The van der Waals surface area contributed by atoms with E-state index in [2.05, 4.69) is 11.4 Å². The summed E-state index contributed by atoms with van der Waals surface area (Å²) < 4.78 is 0. The number of hydrogen-bond donors (Lipinski definition) is 1. The van der Waals surface area contributed by atoms with E-state index in [1.54, 1.807) is 0 Å². The lowest BCUT2D eigenvalue weighted by atomic mass is 10.3. The van der Waals surface area contributed by atoms with Gasteiger partial charge >= 0.3 is 0 Å². The van der Waals surface area contributed by atoms with Gasteiger partial charge in [0.15, 0.2) is 0 Å². The maximum atomic E-state index is 8.08. The molecular formula is C5H10N2. The molecule has 0 aliphatic rings. The molecule has 0 spiro atoms. The summed E-state index contributed by atoms with van der Waals surface area (Å²) in [5.74, 6) is 0. The summed E-state index contributed by atoms with van der Waals surface area (Å²) in [5, 5.41) is 11.0. The highest BCUT2D eigenvalue weighted by Gasteiger charge is 1.91. The predicted molar refractivity (Wildman–Crippen MR) is 28.8 cm³/mol. The zero-order valence-corrected chi connectivity index (χ0v) is 4.73. The van der Waals surface area contributed by atoms with Crippen LogP contribution in [0.15, 0.2) is 0 Å². The molecule has 2 heteroatoms. The standard InChI is InChI=1S/C5H10N2/c1-5(7-2)3-4-6/h5,7H,3H2,1-2H3/t5-/m0/s1. The fraction of sp³-hybridized carbons (Fsp3) is 0.800. The second kappa shape index (κ2) is 3.63. The Kier molecular flexibility index (Phi) is 3.35. The minimum absolute atomic E-state index is 0.338. The highest BCUT2D eigenvalue weighted by Crippen LogP contribution is 1.82. The lowest BCUT2D eigenvalue weighted by molar-refractivity contribution is 0.625. The van der Waals surface area contributed by atoms with Gasteiger partial charge < -0.3 is 5.32 Å². The molecule has 0 fully saturated rings. The van der Waals surface area contributed by atoms with Gasteiger partial charge in [-0.15, -0.1) is 0 Å². The van der Waals surface area contributed by atoms with E-state index in [1.807, 2.05) is 14.0 Å². The number of nitrogens with one attached hydrogen (secondary N) is 1. The van der Waals surface area contributed by atoms with E-state index in [0.717, 1.165) is 0 Å². The van der Waals surface area contributed by atoms with Gasteiger partial charge in [0, 0.05) is 6.04 Å². The highest BCUT2D eigenvalue weighted by atomic mass is 14.8. The smallest absolute Gasteiger partial charge is 0.0638 e. The average Bonchev–Trinajstić information content (AvgIpc) is 1.68. The molecule has 0 aromatic heterocycles. The topological polar surface area (TPSA) is 35.8 Å². The van der Waals surface area contributed by atoms with Crippen molar-refractivity contribution in [2.75, 3.05) is 7.05 Å². The summed E-state index contributed by atoms with van der Waals surface area (Å²) in [6.07, 6.45) is 0.594. The summed E-state index contributed by atoms with van der Waals surface area (Å²) in [5.41, 5.74) is 0. The van der Waals surface area contributed by atoms with E-state index >= 15 is 0 Å². The quantitative estimate of drug-likeness (QED) is 0.546. The molecule has 0 aliphatic carbocycles. The molecule has 0 bridgehead atoms. The molecule has 1 atom stereocenters. The first-order chi connectivity index (χ1) is 3.31. The first kappa shape index (κ1) is 6.45. The lowest BCUT2D eigenvalue weighted by Gasteiger charge is -2.00. The van der Waals surface area contributed by atoms with Crippen LogP contribution in [0.4, 0.5) is 0 Å². The lowest BCUT2D eigenvalue weighted by Crippen LogP contribution is -2.19. The Labute approximate surface area is 44.1 Å². The molecule has 0 saturated heterocycles. The number of hydrogen-bond acceptors (Lipinski definition) is 2. The van der Waals surface area contributed by atoms with E-state index in [-0.39, 0.29) is 0 Å². The van der Waals surface area contributed by atoms with Gasteiger partial charge in [0.25, 0.3) is 0 Å². The molecule has 0 amide bonds. The van der Waals surface area contributed by atoms with E-state index in [9.17, 15) is 0 Å². The molecular weight excluding hydrogens is 88.1 g/mol. The molecule has 0 aliphatic heterocycles. The maximum Gasteiger partial charge on any atom is 0.0638 e. The van der Waals surface area contributed by atoms with Crippen molar-refractivity contribution in [2.24, 2.45) is 0 Å². The third kappa shape index (κ3) is 3.28. The molecule has 7 heavy (non-hydrogen) atoms. The van der Waals surface area contributed by atoms with Gasteiger partial charge in [-0.25, -0.2) is 0 Å². The number of nitrogens with zero attached hydrogens (tertiary/aromatic N) is 1. The van der Waals surface area contributed by atoms with E-state index < -0.39 is 0 Å². The van der Waals surface area contributed by atoms with Gasteiger partial charge in [0.05, 0.1) is 12.5 Å². The van der Waals surface area contributed by atoms with Gasteiger partial charge in [0.2, 0.25) is 0 Å². The van der Waals surface area contributed by atoms with Crippen LogP contribution in [-0.2, 0) is 0 Å². The summed E-state index contributed by atoms with van der Waals surface area (Å²) in [4.78, 5) is 0. The molecule has 0 radical (unpaired) electrons. The summed E-state index contributed by atoms with van der Waals surface area (Å²) in [6.45, 7) is 1.98. The minimum atomic E-state index is 0.338. The molecule has 0 aromatic rings. The Morgan fingerprint density at radius 2 is 2.43 bits per heavy atom. The van der Waals surface area contributed by atoms with Gasteiger partial charge in [-0.3, -0.25) is 0 Å².